The summed E-state index contributed by atoms with van der Waals surface area (Å²) in [7, 11) is 0. The fourth-order valence-corrected chi connectivity index (χ4v) is 3.25. The van der Waals surface area contributed by atoms with E-state index < -0.39 is 17.7 Å². The summed E-state index contributed by atoms with van der Waals surface area (Å²) in [6.07, 6.45) is -0.784. The molecule has 20 heavy (non-hydrogen) atoms. The Morgan fingerprint density at radius 1 is 1.10 bits per heavy atom. The number of hydrogen-bond donors (Lipinski definition) is 1. The molecule has 1 nitrogen and oxygen atoms in total. The van der Waals surface area contributed by atoms with E-state index in [0.717, 1.165) is 33.8 Å². The van der Waals surface area contributed by atoms with E-state index in [1.807, 2.05) is 29.6 Å². The van der Waals surface area contributed by atoms with Gasteiger partial charge in [0.1, 0.15) is 11.6 Å². The van der Waals surface area contributed by atoms with Gasteiger partial charge in [-0.2, -0.15) is 0 Å². The van der Waals surface area contributed by atoms with E-state index in [0.29, 0.717) is 0 Å². The first kappa shape index (κ1) is 13.2. The van der Waals surface area contributed by atoms with Gasteiger partial charge in [-0.15, -0.1) is 11.3 Å². The van der Waals surface area contributed by atoms with Crippen LogP contribution >= 0.6 is 11.3 Å². The fraction of sp³-hybridized carbons (Fsp3) is 0.125. The molecule has 0 spiro atoms. The Hall–Kier alpha value is -1.78. The predicted octanol–water partition coefficient (Wildman–Crippen LogP) is 4.46. The minimum Gasteiger partial charge on any atom is -0.388 e. The van der Waals surface area contributed by atoms with Gasteiger partial charge >= 0.3 is 0 Å². The third-order valence-corrected chi connectivity index (χ3v) is 4.30. The molecule has 0 radical (unpaired) electrons. The van der Waals surface area contributed by atoms with Crippen molar-refractivity contribution in [1.29, 1.82) is 0 Å². The maximum atomic E-state index is 13.6. The van der Waals surface area contributed by atoms with Gasteiger partial charge in [-0.25, -0.2) is 8.78 Å². The molecule has 0 aliphatic heterocycles. The third-order valence-electron chi connectivity index (χ3n) is 3.29. The van der Waals surface area contributed by atoms with Crippen molar-refractivity contribution < 1.29 is 13.9 Å². The zero-order valence-electron chi connectivity index (χ0n) is 10.5. The van der Waals surface area contributed by atoms with Gasteiger partial charge < -0.3 is 5.11 Å². The molecule has 4 heteroatoms. The predicted molar refractivity (Wildman–Crippen MR) is 76.8 cm³/mol. The van der Waals surface area contributed by atoms with Crippen LogP contribution in [0.3, 0.4) is 0 Å². The van der Waals surface area contributed by atoms with E-state index in [9.17, 15) is 13.9 Å². The molecule has 3 aromatic rings. The summed E-state index contributed by atoms with van der Waals surface area (Å²) in [5.74, 6) is -1.13. The Balaban J connectivity index is 1.92. The SMILES string of the molecule is OC(Cc1csc2ccccc12)c1cc(F)ccc1F. The third kappa shape index (κ3) is 2.44. The molecule has 0 aliphatic rings. The highest BCUT2D eigenvalue weighted by Crippen LogP contribution is 2.30. The van der Waals surface area contributed by atoms with Crippen molar-refractivity contribution in [2.75, 3.05) is 0 Å². The molecule has 0 amide bonds. The van der Waals surface area contributed by atoms with Crippen LogP contribution in [0, 0.1) is 11.6 Å². The molecule has 1 atom stereocenters. The van der Waals surface area contributed by atoms with Crippen molar-refractivity contribution in [3.8, 4) is 0 Å². The Morgan fingerprint density at radius 3 is 2.75 bits per heavy atom. The van der Waals surface area contributed by atoms with E-state index in [-0.39, 0.29) is 12.0 Å². The van der Waals surface area contributed by atoms with E-state index in [1.165, 1.54) is 0 Å². The van der Waals surface area contributed by atoms with Crippen LogP contribution in [-0.2, 0) is 6.42 Å². The molecule has 2 aromatic carbocycles. The number of rotatable bonds is 3. The van der Waals surface area contributed by atoms with Crippen LogP contribution < -0.4 is 0 Å². The molecule has 0 aliphatic carbocycles. The van der Waals surface area contributed by atoms with Gasteiger partial charge in [-0.05, 0) is 40.6 Å². The highest BCUT2D eigenvalue weighted by molar-refractivity contribution is 7.17. The summed E-state index contributed by atoms with van der Waals surface area (Å²) in [6.45, 7) is 0. The number of aliphatic hydroxyl groups is 1. The lowest BCUT2D eigenvalue weighted by atomic mass is 10.0. The molecule has 1 N–H and O–H groups in total. The van der Waals surface area contributed by atoms with Crippen molar-refractivity contribution in [2.45, 2.75) is 12.5 Å². The van der Waals surface area contributed by atoms with Crippen LogP contribution in [0.5, 0.6) is 0 Å². The highest BCUT2D eigenvalue weighted by Gasteiger charge is 2.16. The average molecular weight is 290 g/mol. The number of halogens is 2. The molecule has 3 rings (SSSR count). The lowest BCUT2D eigenvalue weighted by Crippen LogP contribution is -2.04. The summed E-state index contributed by atoms with van der Waals surface area (Å²) in [4.78, 5) is 0. The molecular weight excluding hydrogens is 278 g/mol. The van der Waals surface area contributed by atoms with Gasteiger partial charge in [0, 0.05) is 16.7 Å². The first-order valence-electron chi connectivity index (χ1n) is 6.23. The van der Waals surface area contributed by atoms with Crippen molar-refractivity contribution in [3.63, 3.8) is 0 Å². The minimum absolute atomic E-state index is 0.000260. The first-order chi connectivity index (χ1) is 9.65. The zero-order chi connectivity index (χ0) is 14.1. The van der Waals surface area contributed by atoms with Crippen molar-refractivity contribution in [3.05, 3.63) is 70.6 Å². The Morgan fingerprint density at radius 2 is 1.90 bits per heavy atom. The van der Waals surface area contributed by atoms with Crippen molar-refractivity contribution in [2.24, 2.45) is 0 Å². The molecule has 1 unspecified atom stereocenters. The number of benzene rings is 2. The molecule has 102 valence electrons. The second kappa shape index (κ2) is 5.31. The highest BCUT2D eigenvalue weighted by atomic mass is 32.1. The second-order valence-electron chi connectivity index (χ2n) is 4.64. The second-order valence-corrected chi connectivity index (χ2v) is 5.55. The van der Waals surface area contributed by atoms with Gasteiger partial charge in [0.25, 0.3) is 0 Å². The smallest absolute Gasteiger partial charge is 0.129 e. The molecule has 0 bridgehead atoms. The standard InChI is InChI=1S/C16H12F2OS/c17-11-5-6-14(18)13(8-11)15(19)7-10-9-20-16-4-2-1-3-12(10)16/h1-6,8-9,15,19H,7H2. The van der Waals surface area contributed by atoms with Crippen LogP contribution in [0.25, 0.3) is 10.1 Å². The number of thiophene rings is 1. The van der Waals surface area contributed by atoms with Gasteiger partial charge in [0.2, 0.25) is 0 Å². The Kier molecular flexibility index (Phi) is 3.51. The fourth-order valence-electron chi connectivity index (χ4n) is 2.28. The lowest BCUT2D eigenvalue weighted by Gasteiger charge is -2.11. The number of aliphatic hydroxyl groups excluding tert-OH is 1. The van der Waals surface area contributed by atoms with E-state index in [2.05, 4.69) is 0 Å². The van der Waals surface area contributed by atoms with Crippen molar-refractivity contribution >= 4 is 21.4 Å². The molecule has 1 heterocycles. The van der Waals surface area contributed by atoms with Gasteiger partial charge in [0.15, 0.2) is 0 Å². The topological polar surface area (TPSA) is 20.2 Å². The minimum atomic E-state index is -1.05. The van der Waals surface area contributed by atoms with Crippen molar-refractivity contribution in [1.82, 2.24) is 0 Å². The summed E-state index contributed by atoms with van der Waals surface area (Å²) in [5, 5.41) is 13.2. The van der Waals surface area contributed by atoms with E-state index in [4.69, 9.17) is 0 Å². The zero-order valence-corrected chi connectivity index (χ0v) is 11.3. The average Bonchev–Trinajstić information content (AvgIpc) is 2.85. The number of fused-ring (bicyclic) bond motifs is 1. The summed E-state index contributed by atoms with van der Waals surface area (Å²) >= 11 is 1.58. The van der Waals surface area contributed by atoms with Crippen LogP contribution in [-0.4, -0.2) is 5.11 Å². The Bertz CT molecular complexity index is 751. The molecular formula is C16H12F2OS. The molecule has 0 saturated heterocycles. The monoisotopic (exact) mass is 290 g/mol. The Labute approximate surface area is 119 Å². The normalized spacial score (nSPS) is 12.8. The summed E-state index contributed by atoms with van der Waals surface area (Å²) in [5.41, 5.74) is 0.946. The quantitative estimate of drug-likeness (QED) is 0.755. The van der Waals surface area contributed by atoms with Crippen LogP contribution in [0.15, 0.2) is 47.8 Å². The van der Waals surface area contributed by atoms with E-state index in [1.54, 1.807) is 11.3 Å². The first-order valence-corrected chi connectivity index (χ1v) is 7.11. The van der Waals surface area contributed by atoms with Crippen LogP contribution in [0.1, 0.15) is 17.2 Å². The van der Waals surface area contributed by atoms with Gasteiger partial charge in [-0.1, -0.05) is 18.2 Å². The van der Waals surface area contributed by atoms with Gasteiger partial charge in [-0.3, -0.25) is 0 Å². The summed E-state index contributed by atoms with van der Waals surface area (Å²) in [6, 6.07) is 11.0. The maximum Gasteiger partial charge on any atom is 0.129 e. The van der Waals surface area contributed by atoms with Crippen LogP contribution in [0.4, 0.5) is 8.78 Å². The summed E-state index contributed by atoms with van der Waals surface area (Å²) < 4.78 is 27.9. The lowest BCUT2D eigenvalue weighted by molar-refractivity contribution is 0.173. The largest absolute Gasteiger partial charge is 0.388 e. The molecule has 0 saturated carbocycles. The maximum absolute atomic E-state index is 13.6. The molecule has 0 fully saturated rings. The van der Waals surface area contributed by atoms with Gasteiger partial charge in [0.05, 0.1) is 6.10 Å². The van der Waals surface area contributed by atoms with Crippen LogP contribution in [0.2, 0.25) is 0 Å². The number of hydrogen-bond acceptors (Lipinski definition) is 2. The van der Waals surface area contributed by atoms with E-state index >= 15 is 0 Å². The molecule has 1 aromatic heterocycles.